The summed E-state index contributed by atoms with van der Waals surface area (Å²) in [5, 5.41) is 0. The minimum absolute atomic E-state index is 0.0851. The van der Waals surface area contributed by atoms with Crippen molar-refractivity contribution in [2.75, 3.05) is 13.2 Å². The van der Waals surface area contributed by atoms with E-state index in [4.69, 9.17) is 14.2 Å². The number of carbonyl (C=O) groups is 3. The van der Waals surface area contributed by atoms with E-state index in [0.29, 0.717) is 19.3 Å². The van der Waals surface area contributed by atoms with E-state index in [-0.39, 0.29) is 31.1 Å². The maximum absolute atomic E-state index is 13.0. The van der Waals surface area contributed by atoms with E-state index >= 15 is 0 Å². The highest BCUT2D eigenvalue weighted by atomic mass is 16.6. The molecule has 0 aromatic rings. The van der Waals surface area contributed by atoms with Gasteiger partial charge < -0.3 is 14.2 Å². The largest absolute Gasteiger partial charge is 0.462 e. The lowest BCUT2D eigenvalue weighted by Gasteiger charge is -2.18. The Kier molecular flexibility index (Phi) is 67.7. The molecule has 0 aliphatic heterocycles. The second-order valence-corrected chi connectivity index (χ2v) is 23.8. The number of rotatable bonds is 65. The normalized spacial score (nSPS) is 12.7. The third-order valence-corrected chi connectivity index (χ3v) is 15.6. The topological polar surface area (TPSA) is 78.9 Å². The van der Waals surface area contributed by atoms with Crippen molar-refractivity contribution < 1.29 is 28.6 Å². The van der Waals surface area contributed by atoms with E-state index in [2.05, 4.69) is 118 Å². The first-order valence-electron chi connectivity index (χ1n) is 35.7. The first-order valence-corrected chi connectivity index (χ1v) is 35.7. The number of carbonyl (C=O) groups excluding carboxylic acids is 3. The molecule has 1 atom stereocenters. The van der Waals surface area contributed by atoms with E-state index in [0.717, 1.165) is 128 Å². The summed E-state index contributed by atoms with van der Waals surface area (Å²) >= 11 is 0. The maximum Gasteiger partial charge on any atom is 0.306 e. The lowest BCUT2D eigenvalue weighted by molar-refractivity contribution is -0.167. The van der Waals surface area contributed by atoms with Gasteiger partial charge in [0.05, 0.1) is 0 Å². The number of ether oxygens (including phenoxy) is 3. The molecule has 0 heterocycles. The predicted octanol–water partition coefficient (Wildman–Crippen LogP) is 24.8. The van der Waals surface area contributed by atoms with Gasteiger partial charge in [-0.15, -0.1) is 0 Å². The van der Waals surface area contributed by atoms with Crippen LogP contribution in [0.3, 0.4) is 0 Å². The van der Waals surface area contributed by atoms with E-state index in [1.165, 1.54) is 186 Å². The molecule has 0 saturated heterocycles. The fourth-order valence-corrected chi connectivity index (χ4v) is 10.2. The van der Waals surface area contributed by atoms with Crippen LogP contribution in [0.1, 0.15) is 355 Å². The van der Waals surface area contributed by atoms with Crippen LogP contribution in [-0.4, -0.2) is 37.2 Å². The van der Waals surface area contributed by atoms with Crippen molar-refractivity contribution in [3.05, 3.63) is 97.2 Å². The van der Waals surface area contributed by atoms with E-state index in [1.54, 1.807) is 0 Å². The van der Waals surface area contributed by atoms with Crippen LogP contribution < -0.4 is 0 Å². The van der Waals surface area contributed by atoms with Crippen molar-refractivity contribution >= 4 is 17.9 Å². The molecule has 1 unspecified atom stereocenters. The smallest absolute Gasteiger partial charge is 0.306 e. The standard InChI is InChI=1S/C77H134O6/c1-4-7-10-13-16-19-22-25-28-31-33-35-37-38-39-40-41-43-44-46-49-52-55-58-61-64-67-70-76(79)82-73-74(72-81-75(78)69-66-63-60-57-54-51-48-30-27-24-21-18-15-12-9-6-3)83-77(80)71-68-65-62-59-56-53-50-47-45-42-36-34-32-29-26-23-20-17-14-11-8-5-2/h7,10,16,19,25,28,30,33,35,38-39,41,43,46,48-49,74H,4-6,8-9,11-15,17-18,20-24,26-27,29,31-32,34,36-37,40,42,44-45,47,50-73H2,1-3H3/b10-7-,19-16-,28-25-,35-33-,39-38-,43-41-,48-30-,49-46-. The zero-order valence-electron chi connectivity index (χ0n) is 54.9. The Morgan fingerprint density at radius 3 is 0.747 bits per heavy atom. The molecular weight excluding hydrogens is 1020 g/mol. The van der Waals surface area contributed by atoms with Gasteiger partial charge in [0.2, 0.25) is 0 Å². The van der Waals surface area contributed by atoms with Crippen LogP contribution in [-0.2, 0) is 28.6 Å². The van der Waals surface area contributed by atoms with Gasteiger partial charge in [-0.2, -0.15) is 0 Å². The van der Waals surface area contributed by atoms with Crippen LogP contribution in [0, 0.1) is 0 Å². The molecule has 0 rings (SSSR count). The molecule has 0 fully saturated rings. The molecule has 0 spiro atoms. The Labute approximate surface area is 515 Å². The Balaban J connectivity index is 4.38. The van der Waals surface area contributed by atoms with E-state index in [9.17, 15) is 14.4 Å². The summed E-state index contributed by atoms with van der Waals surface area (Å²) in [5.41, 5.74) is 0. The summed E-state index contributed by atoms with van der Waals surface area (Å²) in [7, 11) is 0. The summed E-state index contributed by atoms with van der Waals surface area (Å²) in [4.78, 5) is 38.5. The Morgan fingerprint density at radius 2 is 0.470 bits per heavy atom. The Bertz CT molecular complexity index is 1610. The SMILES string of the molecule is CC/C=C\C/C=C\C/C=C\C/C=C\C/C=C\C/C=C\C/C=C\CCCCCCCC(=O)OCC(COC(=O)CCCCCCC/C=C\CCCCCCCCC)OC(=O)CCCCCCCCCCCCCCCCCCCCCCCC. The first-order chi connectivity index (χ1) is 41.0. The summed E-state index contributed by atoms with van der Waals surface area (Å²) < 4.78 is 17.0. The highest BCUT2D eigenvalue weighted by Crippen LogP contribution is 2.18. The summed E-state index contributed by atoms with van der Waals surface area (Å²) in [5.74, 6) is -0.893. The van der Waals surface area contributed by atoms with Gasteiger partial charge in [0, 0.05) is 19.3 Å². The van der Waals surface area contributed by atoms with E-state index < -0.39 is 6.10 Å². The van der Waals surface area contributed by atoms with Crippen LogP contribution >= 0.6 is 0 Å². The average Bonchev–Trinajstić information content (AvgIpc) is 3.49. The lowest BCUT2D eigenvalue weighted by Crippen LogP contribution is -2.30. The Morgan fingerprint density at radius 1 is 0.253 bits per heavy atom. The van der Waals surface area contributed by atoms with Gasteiger partial charge in [0.15, 0.2) is 6.10 Å². The van der Waals surface area contributed by atoms with Crippen molar-refractivity contribution in [2.24, 2.45) is 0 Å². The van der Waals surface area contributed by atoms with Gasteiger partial charge in [-0.1, -0.05) is 330 Å². The predicted molar refractivity (Wildman–Crippen MR) is 362 cm³/mol. The van der Waals surface area contributed by atoms with Gasteiger partial charge in [-0.25, -0.2) is 0 Å². The van der Waals surface area contributed by atoms with Gasteiger partial charge in [0.1, 0.15) is 13.2 Å². The van der Waals surface area contributed by atoms with Gasteiger partial charge in [0.25, 0.3) is 0 Å². The van der Waals surface area contributed by atoms with E-state index in [1.807, 2.05) is 0 Å². The highest BCUT2D eigenvalue weighted by Gasteiger charge is 2.19. The summed E-state index contributed by atoms with van der Waals surface area (Å²) in [6.07, 6.45) is 95.7. The van der Waals surface area contributed by atoms with Crippen molar-refractivity contribution in [1.82, 2.24) is 0 Å². The monoisotopic (exact) mass is 1160 g/mol. The molecule has 6 nitrogen and oxygen atoms in total. The van der Waals surface area contributed by atoms with Crippen molar-refractivity contribution in [1.29, 1.82) is 0 Å². The number of esters is 3. The minimum Gasteiger partial charge on any atom is -0.462 e. The Hall–Kier alpha value is -3.67. The van der Waals surface area contributed by atoms with Gasteiger partial charge in [-0.3, -0.25) is 14.4 Å². The number of hydrogen-bond acceptors (Lipinski definition) is 6. The zero-order chi connectivity index (χ0) is 59.9. The van der Waals surface area contributed by atoms with Crippen LogP contribution in [0.15, 0.2) is 97.2 Å². The molecule has 0 N–H and O–H groups in total. The van der Waals surface area contributed by atoms with Crippen molar-refractivity contribution in [3.63, 3.8) is 0 Å². The second-order valence-electron chi connectivity index (χ2n) is 23.8. The second kappa shape index (κ2) is 70.8. The molecule has 478 valence electrons. The quantitative estimate of drug-likeness (QED) is 0.0261. The van der Waals surface area contributed by atoms with Crippen LogP contribution in [0.4, 0.5) is 0 Å². The molecule has 0 aliphatic rings. The molecule has 0 aromatic heterocycles. The molecule has 6 heteroatoms. The minimum atomic E-state index is -0.790. The molecule has 0 aliphatic carbocycles. The lowest BCUT2D eigenvalue weighted by atomic mass is 10.0. The third-order valence-electron chi connectivity index (χ3n) is 15.6. The fourth-order valence-electron chi connectivity index (χ4n) is 10.2. The van der Waals surface area contributed by atoms with Crippen LogP contribution in [0.5, 0.6) is 0 Å². The van der Waals surface area contributed by atoms with Gasteiger partial charge >= 0.3 is 17.9 Å². The summed E-state index contributed by atoms with van der Waals surface area (Å²) in [6, 6.07) is 0. The first kappa shape index (κ1) is 79.3. The highest BCUT2D eigenvalue weighted by molar-refractivity contribution is 5.71. The summed E-state index contributed by atoms with van der Waals surface area (Å²) in [6.45, 7) is 6.55. The molecular formula is C77H134O6. The fraction of sp³-hybridized carbons (Fsp3) is 0.753. The molecule has 83 heavy (non-hydrogen) atoms. The van der Waals surface area contributed by atoms with Crippen LogP contribution in [0.2, 0.25) is 0 Å². The average molecular weight is 1160 g/mol. The van der Waals surface area contributed by atoms with Gasteiger partial charge in [-0.05, 0) is 103 Å². The molecule has 0 amide bonds. The number of allylic oxidation sites excluding steroid dienone is 16. The third kappa shape index (κ3) is 69.0. The number of unbranched alkanes of at least 4 members (excludes halogenated alkanes) is 38. The molecule has 0 bridgehead atoms. The number of hydrogen-bond donors (Lipinski definition) is 0. The molecule has 0 saturated carbocycles. The molecule has 0 aromatic carbocycles. The zero-order valence-corrected chi connectivity index (χ0v) is 54.9. The molecule has 0 radical (unpaired) electrons. The maximum atomic E-state index is 13.0. The van der Waals surface area contributed by atoms with Crippen molar-refractivity contribution in [2.45, 2.75) is 361 Å². The van der Waals surface area contributed by atoms with Crippen molar-refractivity contribution in [3.8, 4) is 0 Å². The van der Waals surface area contributed by atoms with Crippen LogP contribution in [0.25, 0.3) is 0 Å².